The van der Waals surface area contributed by atoms with Crippen LogP contribution in [0.3, 0.4) is 0 Å². The van der Waals surface area contributed by atoms with E-state index in [1.165, 1.54) is 14.2 Å². The molecule has 0 saturated carbocycles. The average molecular weight is 486 g/mol. The maximum atomic E-state index is 12.8. The van der Waals surface area contributed by atoms with Gasteiger partial charge < -0.3 is 34.1 Å². The van der Waals surface area contributed by atoms with Crippen LogP contribution in [0, 0.1) is 13.8 Å². The lowest BCUT2D eigenvalue weighted by Gasteiger charge is -2.15. The van der Waals surface area contributed by atoms with Crippen LogP contribution in [0.2, 0.25) is 0 Å². The van der Waals surface area contributed by atoms with Crippen LogP contribution in [0.25, 0.3) is 22.3 Å². The van der Waals surface area contributed by atoms with Crippen molar-refractivity contribution in [3.63, 3.8) is 0 Å². The number of aliphatic carboxylic acids is 1. The number of aliphatic hydroxyl groups is 1. The fraction of sp³-hybridized carbons (Fsp3) is 0.333. The molecule has 0 fully saturated rings. The minimum absolute atomic E-state index is 0.00277. The Hall–Kier alpha value is -4.12. The minimum atomic E-state index is -1.73. The summed E-state index contributed by atoms with van der Waals surface area (Å²) in [6, 6.07) is 6.87. The molecule has 0 aliphatic carbocycles. The molecular weight excluding hydrogens is 460 g/mol. The summed E-state index contributed by atoms with van der Waals surface area (Å²) in [5, 5.41) is 18.4. The number of aromatic nitrogens is 2. The van der Waals surface area contributed by atoms with Crippen molar-refractivity contribution in [1.29, 1.82) is 0 Å². The number of methoxy groups -OCH3 is 2. The molecule has 0 spiro atoms. The molecule has 11 heteroatoms. The van der Waals surface area contributed by atoms with Crippen LogP contribution in [0.4, 0.5) is 0 Å². The number of nitrogens with one attached hydrogen (secondary N) is 1. The Morgan fingerprint density at radius 2 is 1.74 bits per heavy atom. The monoisotopic (exact) mass is 486 g/mol. The molecule has 11 nitrogen and oxygen atoms in total. The molecule has 1 unspecified atom stereocenters. The smallest absolute Gasteiger partial charge is 0.335 e. The molecule has 0 radical (unpaired) electrons. The number of carbonyl (C=O) groups excluding carboxylic acids is 1. The average Bonchev–Trinajstić information content (AvgIpc) is 2.81. The molecule has 186 valence electrons. The number of H-pyrrole nitrogens is 1. The highest BCUT2D eigenvalue weighted by molar-refractivity contribution is 5.87. The van der Waals surface area contributed by atoms with Gasteiger partial charge in [0.25, 0.3) is 5.56 Å². The van der Waals surface area contributed by atoms with Gasteiger partial charge in [-0.05, 0) is 37.1 Å². The predicted octanol–water partition coefficient (Wildman–Crippen LogP) is 1.98. The molecule has 0 bridgehead atoms. The second-order valence-corrected chi connectivity index (χ2v) is 7.71. The number of carboxylic acid groups (broad SMARTS) is 1. The van der Waals surface area contributed by atoms with E-state index >= 15 is 0 Å². The number of hydrogen-bond donors (Lipinski definition) is 3. The topological polar surface area (TPSA) is 157 Å². The lowest BCUT2D eigenvalue weighted by atomic mass is 10.0. The van der Waals surface area contributed by atoms with E-state index in [0.717, 1.165) is 11.1 Å². The summed E-state index contributed by atoms with van der Waals surface area (Å²) in [6.45, 7) is 3.47. The Morgan fingerprint density at radius 3 is 2.34 bits per heavy atom. The quantitative estimate of drug-likeness (QED) is 0.286. The molecule has 35 heavy (non-hydrogen) atoms. The molecule has 2 aromatic carbocycles. The largest absolute Gasteiger partial charge is 0.497 e. The van der Waals surface area contributed by atoms with Crippen molar-refractivity contribution in [2.75, 3.05) is 27.4 Å². The molecule has 0 aliphatic rings. The first-order chi connectivity index (χ1) is 16.6. The number of rotatable bonds is 10. The maximum Gasteiger partial charge on any atom is 0.335 e. The van der Waals surface area contributed by atoms with Crippen molar-refractivity contribution in [3.8, 4) is 28.6 Å². The van der Waals surface area contributed by atoms with Crippen LogP contribution in [0.1, 0.15) is 17.5 Å². The molecule has 0 amide bonds. The van der Waals surface area contributed by atoms with Gasteiger partial charge in [-0.3, -0.25) is 9.59 Å². The highest BCUT2D eigenvalue weighted by Crippen LogP contribution is 2.31. The molecule has 0 aliphatic heterocycles. The second kappa shape index (κ2) is 10.9. The number of carbonyl (C=O) groups is 2. The van der Waals surface area contributed by atoms with E-state index in [1.807, 2.05) is 13.8 Å². The van der Waals surface area contributed by atoms with Gasteiger partial charge in [-0.25, -0.2) is 9.78 Å². The zero-order chi connectivity index (χ0) is 25.7. The molecule has 3 N–H and O–H groups in total. The summed E-state index contributed by atoms with van der Waals surface area (Å²) in [5.74, 6) is -0.561. The van der Waals surface area contributed by atoms with Gasteiger partial charge in [-0.1, -0.05) is 0 Å². The maximum absolute atomic E-state index is 12.8. The third kappa shape index (κ3) is 5.87. The van der Waals surface area contributed by atoms with Gasteiger partial charge in [0.1, 0.15) is 41.7 Å². The third-order valence-electron chi connectivity index (χ3n) is 5.15. The summed E-state index contributed by atoms with van der Waals surface area (Å²) in [6.07, 6.45) is -2.46. The van der Waals surface area contributed by atoms with Crippen molar-refractivity contribution in [1.82, 2.24) is 9.97 Å². The van der Waals surface area contributed by atoms with Gasteiger partial charge >= 0.3 is 11.9 Å². The fourth-order valence-electron chi connectivity index (χ4n) is 3.57. The van der Waals surface area contributed by atoms with E-state index in [-0.39, 0.29) is 18.8 Å². The Labute approximate surface area is 200 Å². The summed E-state index contributed by atoms with van der Waals surface area (Å²) in [7, 11) is 2.98. The Bertz CT molecular complexity index is 1290. The second-order valence-electron chi connectivity index (χ2n) is 7.71. The van der Waals surface area contributed by atoms with Gasteiger partial charge in [-0.2, -0.15) is 0 Å². The van der Waals surface area contributed by atoms with Crippen molar-refractivity contribution in [2.45, 2.75) is 26.4 Å². The van der Waals surface area contributed by atoms with Crippen molar-refractivity contribution >= 4 is 22.8 Å². The fourth-order valence-corrected chi connectivity index (χ4v) is 3.57. The Kier molecular flexibility index (Phi) is 7.92. The van der Waals surface area contributed by atoms with Gasteiger partial charge in [0, 0.05) is 17.7 Å². The van der Waals surface area contributed by atoms with E-state index in [0.29, 0.717) is 39.5 Å². The first kappa shape index (κ1) is 25.5. The highest BCUT2D eigenvalue weighted by atomic mass is 16.6. The Morgan fingerprint density at radius 1 is 1.06 bits per heavy atom. The summed E-state index contributed by atoms with van der Waals surface area (Å²) >= 11 is 0. The lowest BCUT2D eigenvalue weighted by Crippen LogP contribution is -2.27. The van der Waals surface area contributed by atoms with Crippen LogP contribution in [-0.4, -0.2) is 65.7 Å². The van der Waals surface area contributed by atoms with E-state index in [4.69, 9.17) is 24.1 Å². The zero-order valence-corrected chi connectivity index (χ0v) is 19.7. The zero-order valence-electron chi connectivity index (χ0n) is 19.7. The molecule has 1 aromatic heterocycles. The number of hydrogen-bond acceptors (Lipinski definition) is 9. The lowest BCUT2D eigenvalue weighted by molar-refractivity contribution is -0.158. The summed E-state index contributed by atoms with van der Waals surface area (Å²) < 4.78 is 21.2. The van der Waals surface area contributed by atoms with E-state index in [2.05, 4.69) is 9.97 Å². The van der Waals surface area contributed by atoms with E-state index < -0.39 is 24.5 Å². The first-order valence-corrected chi connectivity index (χ1v) is 10.6. The van der Waals surface area contributed by atoms with E-state index in [1.54, 1.807) is 24.3 Å². The van der Waals surface area contributed by atoms with Crippen LogP contribution in [0.5, 0.6) is 17.2 Å². The van der Waals surface area contributed by atoms with Crippen molar-refractivity contribution < 1.29 is 38.7 Å². The van der Waals surface area contributed by atoms with Gasteiger partial charge in [-0.15, -0.1) is 0 Å². The predicted molar refractivity (Wildman–Crippen MR) is 125 cm³/mol. The summed E-state index contributed by atoms with van der Waals surface area (Å²) in [4.78, 5) is 42.3. The number of fused-ring (bicyclic) bond motifs is 1. The number of ether oxygens (including phenoxy) is 4. The van der Waals surface area contributed by atoms with Crippen molar-refractivity contribution in [3.05, 3.63) is 45.7 Å². The van der Waals surface area contributed by atoms with Crippen LogP contribution >= 0.6 is 0 Å². The van der Waals surface area contributed by atoms with Gasteiger partial charge in [0.2, 0.25) is 0 Å². The Balaban J connectivity index is 1.79. The normalized spacial score (nSPS) is 11.7. The van der Waals surface area contributed by atoms with Crippen LogP contribution in [0.15, 0.2) is 29.1 Å². The number of esters is 1. The van der Waals surface area contributed by atoms with E-state index in [9.17, 15) is 19.5 Å². The highest BCUT2D eigenvalue weighted by Gasteiger charge is 2.20. The molecule has 1 heterocycles. The number of nitrogens with zero attached hydrogens (tertiary/aromatic N) is 1. The molecule has 3 rings (SSSR count). The van der Waals surface area contributed by atoms with Crippen molar-refractivity contribution in [2.24, 2.45) is 0 Å². The number of aromatic amines is 1. The molecule has 3 aromatic rings. The number of aliphatic hydroxyl groups excluding tert-OH is 1. The number of benzene rings is 2. The number of aryl methyl sites for hydroxylation is 2. The SMILES string of the molecule is COc1cc(OC)c2c(=O)[nH]c(-c3cc(C)c(OCCOC(=O)C(O)CC(=O)O)c(C)c3)nc2c1. The van der Waals surface area contributed by atoms with Gasteiger partial charge in [0.15, 0.2) is 6.10 Å². The molecular formula is C24H26N2O9. The standard InChI is InChI=1S/C24H26N2O9/c1-12-7-14(8-13(2)21(12)34-5-6-35-24(31)17(27)11-19(28)29)22-25-16-9-15(32-3)10-18(33-4)20(16)23(30)26-22/h7-10,17,27H,5-6,11H2,1-4H3,(H,28,29)(H,25,26,30). The van der Waals surface area contributed by atoms with Gasteiger partial charge in [0.05, 0.1) is 26.2 Å². The first-order valence-electron chi connectivity index (χ1n) is 10.6. The summed E-state index contributed by atoms with van der Waals surface area (Å²) in [5.41, 5.74) is 2.23. The molecule has 0 saturated heterocycles. The molecule has 1 atom stereocenters. The van der Waals surface area contributed by atoms with Crippen LogP contribution < -0.4 is 19.8 Å². The minimum Gasteiger partial charge on any atom is -0.497 e. The van der Waals surface area contributed by atoms with Crippen LogP contribution in [-0.2, 0) is 14.3 Å². The number of carboxylic acids is 1. The third-order valence-corrected chi connectivity index (χ3v) is 5.15.